The highest BCUT2D eigenvalue weighted by Crippen LogP contribution is 2.44. The first kappa shape index (κ1) is 18.3. The number of aryl methyl sites for hydroxylation is 1. The molecule has 3 fully saturated rings. The maximum Gasteiger partial charge on any atom is 0.248 e. The maximum absolute atomic E-state index is 13.1. The molecule has 1 atom stereocenters. The molecule has 1 saturated carbocycles. The number of halogens is 2. The van der Waals surface area contributed by atoms with Crippen LogP contribution in [0.5, 0.6) is 0 Å². The summed E-state index contributed by atoms with van der Waals surface area (Å²) >= 11 is 1.63. The summed E-state index contributed by atoms with van der Waals surface area (Å²) in [6, 6.07) is 0. The quantitative estimate of drug-likeness (QED) is 0.793. The number of aromatic nitrogens is 1. The molecule has 1 aromatic heterocycles. The van der Waals surface area contributed by atoms with E-state index in [4.69, 9.17) is 0 Å². The van der Waals surface area contributed by atoms with Crippen LogP contribution in [0.3, 0.4) is 0 Å². The Morgan fingerprint density at radius 2 is 2.08 bits per heavy atom. The van der Waals surface area contributed by atoms with Crippen LogP contribution in [-0.2, 0) is 11.3 Å². The minimum atomic E-state index is -2.43. The smallest absolute Gasteiger partial charge is 0.248 e. The van der Waals surface area contributed by atoms with Crippen LogP contribution in [0.15, 0.2) is 5.38 Å². The third kappa shape index (κ3) is 3.65. The van der Waals surface area contributed by atoms with Crippen molar-refractivity contribution in [3.8, 4) is 0 Å². The molecule has 1 amide bonds. The standard InChI is InChI=1S/C19H27F2N3OS/c1-14-22-16(13-26-14)12-24-17(25)3-5-18(24)4-2-7-23(8-6-18)11-15-9-19(20,21)10-15/h13,15H,2-12H2,1H3. The molecule has 26 heavy (non-hydrogen) atoms. The normalized spacial score (nSPS) is 30.0. The fourth-order valence-corrected chi connectivity index (χ4v) is 5.59. The number of hydrogen-bond donors (Lipinski definition) is 0. The number of nitrogens with zero attached hydrogens (tertiary/aromatic N) is 3. The van der Waals surface area contributed by atoms with E-state index in [0.29, 0.717) is 13.0 Å². The highest BCUT2D eigenvalue weighted by molar-refractivity contribution is 7.09. The van der Waals surface area contributed by atoms with E-state index >= 15 is 0 Å². The van der Waals surface area contributed by atoms with E-state index in [-0.39, 0.29) is 30.2 Å². The third-order valence-electron chi connectivity index (χ3n) is 6.37. The first-order chi connectivity index (χ1) is 12.4. The molecule has 0 N–H and O–H groups in total. The number of rotatable bonds is 4. The number of carbonyl (C=O) groups excluding carboxylic acids is 1. The Kier molecular flexibility index (Phi) is 4.80. The number of hydrogen-bond acceptors (Lipinski definition) is 4. The second-order valence-corrected chi connectivity index (χ2v) is 9.41. The molecule has 1 unspecified atom stereocenters. The largest absolute Gasteiger partial charge is 0.331 e. The molecule has 1 spiro atoms. The summed E-state index contributed by atoms with van der Waals surface area (Å²) in [5, 5.41) is 3.08. The van der Waals surface area contributed by atoms with E-state index in [1.54, 1.807) is 11.3 Å². The number of amides is 1. The first-order valence-corrected chi connectivity index (χ1v) is 10.5. The lowest BCUT2D eigenvalue weighted by Crippen LogP contribution is -2.46. The molecular weight excluding hydrogens is 356 g/mol. The summed E-state index contributed by atoms with van der Waals surface area (Å²) in [5.74, 6) is -2.06. The van der Waals surface area contributed by atoms with Crippen LogP contribution in [0, 0.1) is 12.8 Å². The van der Waals surface area contributed by atoms with E-state index in [1.165, 1.54) is 0 Å². The van der Waals surface area contributed by atoms with Crippen LogP contribution in [0.1, 0.15) is 55.6 Å². The minimum Gasteiger partial charge on any atom is -0.331 e. The van der Waals surface area contributed by atoms with Gasteiger partial charge in [0.25, 0.3) is 0 Å². The van der Waals surface area contributed by atoms with Gasteiger partial charge in [0.05, 0.1) is 17.2 Å². The van der Waals surface area contributed by atoms with Crippen molar-refractivity contribution in [2.24, 2.45) is 5.92 Å². The predicted molar refractivity (Wildman–Crippen MR) is 97.3 cm³/mol. The van der Waals surface area contributed by atoms with E-state index in [0.717, 1.165) is 56.0 Å². The zero-order chi connectivity index (χ0) is 18.4. The first-order valence-electron chi connectivity index (χ1n) is 9.67. The SMILES string of the molecule is Cc1nc(CN2C(=O)CCC23CCCN(CC2CC(F)(F)C2)CC3)cs1. The topological polar surface area (TPSA) is 36.4 Å². The van der Waals surface area contributed by atoms with Gasteiger partial charge in [-0.05, 0) is 45.1 Å². The molecule has 0 aromatic carbocycles. The van der Waals surface area contributed by atoms with Gasteiger partial charge in [0.1, 0.15) is 0 Å². The molecule has 2 saturated heterocycles. The fourth-order valence-electron chi connectivity index (χ4n) is 4.99. The van der Waals surface area contributed by atoms with Gasteiger partial charge in [-0.25, -0.2) is 13.8 Å². The predicted octanol–water partition coefficient (Wildman–Crippen LogP) is 3.84. The summed E-state index contributed by atoms with van der Waals surface area (Å²) in [7, 11) is 0. The molecule has 3 aliphatic rings. The molecule has 0 radical (unpaired) electrons. The molecule has 0 bridgehead atoms. The Bertz CT molecular complexity index is 671. The molecule has 144 valence electrons. The molecule has 1 aliphatic carbocycles. The third-order valence-corrected chi connectivity index (χ3v) is 7.19. The van der Waals surface area contributed by atoms with Crippen molar-refractivity contribution >= 4 is 17.2 Å². The zero-order valence-electron chi connectivity index (χ0n) is 15.3. The molecule has 1 aromatic rings. The van der Waals surface area contributed by atoms with Crippen LogP contribution in [0.2, 0.25) is 0 Å². The van der Waals surface area contributed by atoms with E-state index < -0.39 is 5.92 Å². The zero-order valence-corrected chi connectivity index (χ0v) is 16.2. The van der Waals surface area contributed by atoms with Crippen LogP contribution in [0.4, 0.5) is 8.78 Å². The van der Waals surface area contributed by atoms with Crippen LogP contribution >= 0.6 is 11.3 Å². The van der Waals surface area contributed by atoms with Gasteiger partial charge >= 0.3 is 0 Å². The number of alkyl halides is 2. The van der Waals surface area contributed by atoms with Crippen molar-refractivity contribution in [2.45, 2.75) is 69.9 Å². The summed E-state index contributed by atoms with van der Waals surface area (Å²) in [4.78, 5) is 21.5. The molecule has 3 heterocycles. The fraction of sp³-hybridized carbons (Fsp3) is 0.789. The van der Waals surface area contributed by atoms with Crippen molar-refractivity contribution in [1.82, 2.24) is 14.8 Å². The summed E-state index contributed by atoms with van der Waals surface area (Å²) < 4.78 is 26.2. The van der Waals surface area contributed by atoms with Crippen molar-refractivity contribution < 1.29 is 13.6 Å². The van der Waals surface area contributed by atoms with Crippen molar-refractivity contribution in [2.75, 3.05) is 19.6 Å². The average molecular weight is 384 g/mol. The molecule has 7 heteroatoms. The van der Waals surface area contributed by atoms with Gasteiger partial charge in [-0.3, -0.25) is 4.79 Å². The van der Waals surface area contributed by atoms with Gasteiger partial charge in [-0.1, -0.05) is 0 Å². The Hall–Kier alpha value is -1.08. The van der Waals surface area contributed by atoms with Gasteiger partial charge in [0, 0.05) is 43.3 Å². The molecular formula is C19H27F2N3OS. The lowest BCUT2D eigenvalue weighted by molar-refractivity contribution is -0.132. The average Bonchev–Trinajstić information content (AvgIpc) is 3.01. The van der Waals surface area contributed by atoms with Gasteiger partial charge in [-0.15, -0.1) is 11.3 Å². The summed E-state index contributed by atoms with van der Waals surface area (Å²) in [6.45, 7) is 5.25. The van der Waals surface area contributed by atoms with Crippen LogP contribution in [-0.4, -0.2) is 51.8 Å². The van der Waals surface area contributed by atoms with E-state index in [9.17, 15) is 13.6 Å². The molecule has 4 rings (SSSR count). The Morgan fingerprint density at radius 3 is 2.77 bits per heavy atom. The van der Waals surface area contributed by atoms with E-state index in [2.05, 4.69) is 20.2 Å². The van der Waals surface area contributed by atoms with E-state index in [1.807, 2.05) is 6.92 Å². The number of likely N-dealkylation sites (tertiary alicyclic amines) is 2. The highest BCUT2D eigenvalue weighted by atomic mass is 32.1. The van der Waals surface area contributed by atoms with Gasteiger partial charge in [0.2, 0.25) is 11.8 Å². The maximum atomic E-state index is 13.1. The minimum absolute atomic E-state index is 0.0441. The summed E-state index contributed by atoms with van der Waals surface area (Å²) in [5.41, 5.74) is 0.923. The van der Waals surface area contributed by atoms with Gasteiger partial charge in [-0.2, -0.15) is 0 Å². The molecule has 4 nitrogen and oxygen atoms in total. The second kappa shape index (κ2) is 6.82. The molecule has 2 aliphatic heterocycles. The lowest BCUT2D eigenvalue weighted by atomic mass is 9.81. The van der Waals surface area contributed by atoms with Gasteiger partial charge < -0.3 is 9.80 Å². The van der Waals surface area contributed by atoms with Crippen molar-refractivity contribution in [1.29, 1.82) is 0 Å². The van der Waals surface area contributed by atoms with Crippen molar-refractivity contribution in [3.63, 3.8) is 0 Å². The number of thiazole rings is 1. The van der Waals surface area contributed by atoms with Crippen molar-refractivity contribution in [3.05, 3.63) is 16.1 Å². The Labute approximate surface area is 157 Å². The number of carbonyl (C=O) groups is 1. The van der Waals surface area contributed by atoms with Crippen LogP contribution < -0.4 is 0 Å². The lowest BCUT2D eigenvalue weighted by Gasteiger charge is -2.39. The van der Waals surface area contributed by atoms with Gasteiger partial charge in [0.15, 0.2) is 0 Å². The monoisotopic (exact) mass is 383 g/mol. The Balaban J connectivity index is 1.40. The Morgan fingerprint density at radius 1 is 1.27 bits per heavy atom. The second-order valence-electron chi connectivity index (χ2n) is 8.35. The summed E-state index contributed by atoms with van der Waals surface area (Å²) in [6.07, 6.45) is 4.63. The van der Waals surface area contributed by atoms with Crippen LogP contribution in [0.25, 0.3) is 0 Å². The highest BCUT2D eigenvalue weighted by Gasteiger charge is 2.48.